The first-order chi connectivity index (χ1) is 14.6. The molecule has 2 aromatic carbocycles. The SMILES string of the molecule is O=C1CCN(C(=O)c2ccc(-c3cccc(F)c3)cc2)CCN1Cc1ccccn1. The van der Waals surface area contributed by atoms with E-state index in [9.17, 15) is 14.0 Å². The van der Waals surface area contributed by atoms with Crippen molar-refractivity contribution in [1.29, 1.82) is 0 Å². The molecule has 2 amide bonds. The molecular formula is C24H22FN3O2. The molecule has 4 rings (SSSR count). The van der Waals surface area contributed by atoms with Crippen LogP contribution in [0.3, 0.4) is 0 Å². The number of benzene rings is 2. The lowest BCUT2D eigenvalue weighted by atomic mass is 10.0. The predicted molar refractivity (Wildman–Crippen MR) is 112 cm³/mol. The molecule has 0 spiro atoms. The Balaban J connectivity index is 1.43. The number of carbonyl (C=O) groups excluding carboxylic acids is 2. The molecule has 2 heterocycles. The zero-order chi connectivity index (χ0) is 20.9. The maximum atomic E-state index is 13.4. The molecule has 0 aliphatic carbocycles. The normalized spacial score (nSPS) is 14.5. The van der Waals surface area contributed by atoms with Gasteiger partial charge in [-0.1, -0.05) is 30.3 Å². The Labute approximate surface area is 174 Å². The Morgan fingerprint density at radius 2 is 1.77 bits per heavy atom. The highest BCUT2D eigenvalue weighted by Crippen LogP contribution is 2.21. The van der Waals surface area contributed by atoms with E-state index in [1.807, 2.05) is 36.4 Å². The number of nitrogens with zero attached hydrogens (tertiary/aromatic N) is 3. The highest BCUT2D eigenvalue weighted by Gasteiger charge is 2.24. The maximum absolute atomic E-state index is 13.4. The summed E-state index contributed by atoms with van der Waals surface area (Å²) in [6.45, 7) is 1.79. The second-order valence-electron chi connectivity index (χ2n) is 7.27. The molecule has 0 atom stereocenters. The van der Waals surface area contributed by atoms with Gasteiger partial charge in [0.1, 0.15) is 5.82 Å². The molecule has 5 nitrogen and oxygen atoms in total. The molecule has 0 unspecified atom stereocenters. The van der Waals surface area contributed by atoms with Gasteiger partial charge in [0.15, 0.2) is 0 Å². The van der Waals surface area contributed by atoms with Crippen molar-refractivity contribution in [3.63, 3.8) is 0 Å². The number of amides is 2. The summed E-state index contributed by atoms with van der Waals surface area (Å²) in [6, 6.07) is 19.1. The first-order valence-electron chi connectivity index (χ1n) is 9.93. The fourth-order valence-corrected chi connectivity index (χ4v) is 3.58. The lowest BCUT2D eigenvalue weighted by Gasteiger charge is -2.22. The van der Waals surface area contributed by atoms with Crippen molar-refractivity contribution < 1.29 is 14.0 Å². The van der Waals surface area contributed by atoms with Crippen LogP contribution in [0.25, 0.3) is 11.1 Å². The third-order valence-electron chi connectivity index (χ3n) is 5.24. The van der Waals surface area contributed by atoms with Crippen molar-refractivity contribution >= 4 is 11.8 Å². The molecule has 30 heavy (non-hydrogen) atoms. The molecule has 152 valence electrons. The second-order valence-corrected chi connectivity index (χ2v) is 7.27. The number of rotatable bonds is 4. The second kappa shape index (κ2) is 8.86. The van der Waals surface area contributed by atoms with Crippen molar-refractivity contribution in [2.45, 2.75) is 13.0 Å². The zero-order valence-electron chi connectivity index (χ0n) is 16.5. The Morgan fingerprint density at radius 3 is 2.50 bits per heavy atom. The van der Waals surface area contributed by atoms with Crippen LogP contribution >= 0.6 is 0 Å². The summed E-state index contributed by atoms with van der Waals surface area (Å²) in [5.74, 6) is -0.372. The van der Waals surface area contributed by atoms with E-state index in [1.165, 1.54) is 12.1 Å². The molecular weight excluding hydrogens is 381 g/mol. The van der Waals surface area contributed by atoms with E-state index in [4.69, 9.17) is 0 Å². The monoisotopic (exact) mass is 403 g/mol. The third kappa shape index (κ3) is 4.54. The molecule has 1 fully saturated rings. The van der Waals surface area contributed by atoms with Gasteiger partial charge < -0.3 is 9.80 Å². The first kappa shape index (κ1) is 19.8. The molecule has 0 saturated carbocycles. The molecule has 1 saturated heterocycles. The van der Waals surface area contributed by atoms with Crippen LogP contribution in [-0.2, 0) is 11.3 Å². The number of carbonyl (C=O) groups is 2. The van der Waals surface area contributed by atoms with Crippen LogP contribution in [0, 0.1) is 5.82 Å². The van der Waals surface area contributed by atoms with Gasteiger partial charge in [0.2, 0.25) is 5.91 Å². The van der Waals surface area contributed by atoms with E-state index in [2.05, 4.69) is 4.98 Å². The first-order valence-corrected chi connectivity index (χ1v) is 9.93. The van der Waals surface area contributed by atoms with E-state index in [0.29, 0.717) is 38.2 Å². The van der Waals surface area contributed by atoms with Gasteiger partial charge in [0.25, 0.3) is 5.91 Å². The average Bonchev–Trinajstić information content (AvgIpc) is 2.96. The summed E-state index contributed by atoms with van der Waals surface area (Å²) >= 11 is 0. The molecule has 6 heteroatoms. The Bertz CT molecular complexity index is 1040. The number of hydrogen-bond donors (Lipinski definition) is 0. The summed E-state index contributed by atoms with van der Waals surface area (Å²) in [7, 11) is 0. The van der Waals surface area contributed by atoms with Crippen LogP contribution < -0.4 is 0 Å². The van der Waals surface area contributed by atoms with Crippen molar-refractivity contribution in [3.05, 3.63) is 90.0 Å². The summed E-state index contributed by atoms with van der Waals surface area (Å²) in [4.78, 5) is 33.2. The molecule has 3 aromatic rings. The standard InChI is InChI=1S/C24H22FN3O2/c25-21-5-3-4-20(16-21)18-7-9-19(10-8-18)24(30)27-13-11-23(29)28(15-14-27)17-22-6-1-2-12-26-22/h1-10,12,16H,11,13-15,17H2. The maximum Gasteiger partial charge on any atom is 0.253 e. The van der Waals surface area contributed by atoms with Gasteiger partial charge in [-0.25, -0.2) is 4.39 Å². The molecule has 1 aromatic heterocycles. The van der Waals surface area contributed by atoms with Gasteiger partial charge in [-0.05, 0) is 47.5 Å². The van der Waals surface area contributed by atoms with E-state index < -0.39 is 0 Å². The third-order valence-corrected chi connectivity index (χ3v) is 5.24. The molecule has 1 aliphatic rings. The number of pyridine rings is 1. The number of aromatic nitrogens is 1. The smallest absolute Gasteiger partial charge is 0.253 e. The van der Waals surface area contributed by atoms with Gasteiger partial charge in [0, 0.05) is 37.8 Å². The molecule has 0 radical (unpaired) electrons. The van der Waals surface area contributed by atoms with E-state index >= 15 is 0 Å². The fourth-order valence-electron chi connectivity index (χ4n) is 3.58. The fraction of sp³-hybridized carbons (Fsp3) is 0.208. The summed E-state index contributed by atoms with van der Waals surface area (Å²) in [5.41, 5.74) is 3.00. The molecule has 0 N–H and O–H groups in total. The Kier molecular flexibility index (Phi) is 5.84. The van der Waals surface area contributed by atoms with Crippen molar-refractivity contribution in [3.8, 4) is 11.1 Å². The van der Waals surface area contributed by atoms with Crippen molar-refractivity contribution in [2.75, 3.05) is 19.6 Å². The minimum absolute atomic E-state index is 0.0254. The van der Waals surface area contributed by atoms with Gasteiger partial charge in [-0.15, -0.1) is 0 Å². The van der Waals surface area contributed by atoms with E-state index in [1.54, 1.807) is 34.2 Å². The lowest BCUT2D eigenvalue weighted by molar-refractivity contribution is -0.131. The van der Waals surface area contributed by atoms with E-state index in [0.717, 1.165) is 16.8 Å². The summed E-state index contributed by atoms with van der Waals surface area (Å²) < 4.78 is 13.4. The topological polar surface area (TPSA) is 53.5 Å². The number of hydrogen-bond acceptors (Lipinski definition) is 3. The Morgan fingerprint density at radius 1 is 0.933 bits per heavy atom. The van der Waals surface area contributed by atoms with Crippen molar-refractivity contribution in [1.82, 2.24) is 14.8 Å². The molecule has 0 bridgehead atoms. The van der Waals surface area contributed by atoms with Gasteiger partial charge in [-0.3, -0.25) is 14.6 Å². The van der Waals surface area contributed by atoms with Crippen LogP contribution in [0.1, 0.15) is 22.5 Å². The number of halogens is 1. The minimum atomic E-state index is -0.294. The van der Waals surface area contributed by atoms with E-state index in [-0.39, 0.29) is 17.6 Å². The quantitative estimate of drug-likeness (QED) is 0.667. The average molecular weight is 403 g/mol. The van der Waals surface area contributed by atoms with Crippen LogP contribution in [0.5, 0.6) is 0 Å². The predicted octanol–water partition coefficient (Wildman–Crippen LogP) is 3.76. The Hall–Kier alpha value is -3.54. The van der Waals surface area contributed by atoms with Crippen LogP contribution in [0.15, 0.2) is 72.9 Å². The minimum Gasteiger partial charge on any atom is -0.336 e. The summed E-state index contributed by atoms with van der Waals surface area (Å²) in [5, 5.41) is 0. The van der Waals surface area contributed by atoms with Crippen LogP contribution in [-0.4, -0.2) is 46.2 Å². The van der Waals surface area contributed by atoms with Gasteiger partial charge >= 0.3 is 0 Å². The van der Waals surface area contributed by atoms with Gasteiger partial charge in [0.05, 0.1) is 12.2 Å². The van der Waals surface area contributed by atoms with Crippen LogP contribution in [0.2, 0.25) is 0 Å². The zero-order valence-corrected chi connectivity index (χ0v) is 16.5. The molecule has 1 aliphatic heterocycles. The van der Waals surface area contributed by atoms with Crippen molar-refractivity contribution in [2.24, 2.45) is 0 Å². The summed E-state index contributed by atoms with van der Waals surface area (Å²) in [6.07, 6.45) is 2.00. The highest BCUT2D eigenvalue weighted by atomic mass is 19.1. The lowest BCUT2D eigenvalue weighted by Crippen LogP contribution is -2.35. The highest BCUT2D eigenvalue weighted by molar-refractivity contribution is 5.95. The largest absolute Gasteiger partial charge is 0.336 e. The van der Waals surface area contributed by atoms with Gasteiger partial charge in [-0.2, -0.15) is 0 Å². The van der Waals surface area contributed by atoms with Crippen LogP contribution in [0.4, 0.5) is 4.39 Å².